The summed E-state index contributed by atoms with van der Waals surface area (Å²) < 4.78 is 72.5. The van der Waals surface area contributed by atoms with Crippen molar-refractivity contribution in [2.75, 3.05) is 13.2 Å². The van der Waals surface area contributed by atoms with Crippen LogP contribution in [-0.2, 0) is 4.74 Å². The molecule has 0 radical (unpaired) electrons. The Hall–Kier alpha value is -1.92. The van der Waals surface area contributed by atoms with Crippen molar-refractivity contribution >= 4 is 0 Å². The summed E-state index contributed by atoms with van der Waals surface area (Å²) >= 11 is 0. The SMILES string of the molecule is CCCC1CCC(C2=CCC(C(F)(F)Oc3ccc(OCC)c(F)c3F)CO2)CC1. The summed E-state index contributed by atoms with van der Waals surface area (Å²) in [7, 11) is 0. The lowest BCUT2D eigenvalue weighted by molar-refractivity contribution is -0.227. The van der Waals surface area contributed by atoms with E-state index in [-0.39, 0.29) is 31.3 Å². The second-order valence-electron chi connectivity index (χ2n) is 8.14. The van der Waals surface area contributed by atoms with Crippen molar-refractivity contribution in [2.24, 2.45) is 17.8 Å². The van der Waals surface area contributed by atoms with E-state index in [2.05, 4.69) is 11.7 Å². The summed E-state index contributed by atoms with van der Waals surface area (Å²) in [6.07, 6.45) is 4.83. The Morgan fingerprint density at radius 2 is 1.70 bits per heavy atom. The first-order valence-electron chi connectivity index (χ1n) is 10.9. The highest BCUT2D eigenvalue weighted by molar-refractivity contribution is 5.35. The molecule has 0 spiro atoms. The fraction of sp³-hybridized carbons (Fsp3) is 0.652. The molecule has 30 heavy (non-hydrogen) atoms. The Labute approximate surface area is 175 Å². The van der Waals surface area contributed by atoms with E-state index >= 15 is 0 Å². The Morgan fingerprint density at radius 3 is 2.30 bits per heavy atom. The van der Waals surface area contributed by atoms with Crippen LogP contribution in [0.2, 0.25) is 0 Å². The van der Waals surface area contributed by atoms with Crippen LogP contribution in [-0.4, -0.2) is 19.3 Å². The van der Waals surface area contributed by atoms with Crippen LogP contribution in [0.4, 0.5) is 17.6 Å². The molecular weight excluding hydrogens is 400 g/mol. The van der Waals surface area contributed by atoms with Crippen LogP contribution in [0.1, 0.15) is 58.8 Å². The average molecular weight is 430 g/mol. The van der Waals surface area contributed by atoms with Crippen molar-refractivity contribution < 1.29 is 31.8 Å². The summed E-state index contributed by atoms with van der Waals surface area (Å²) in [5.74, 6) is -3.46. The Balaban J connectivity index is 1.60. The number of ether oxygens (including phenoxy) is 3. The van der Waals surface area contributed by atoms with Crippen molar-refractivity contribution in [3.8, 4) is 11.5 Å². The second kappa shape index (κ2) is 9.92. The van der Waals surface area contributed by atoms with Gasteiger partial charge >= 0.3 is 6.11 Å². The van der Waals surface area contributed by atoms with E-state index in [0.29, 0.717) is 0 Å². The number of hydrogen-bond donors (Lipinski definition) is 0. The number of halogens is 4. The molecule has 1 aliphatic heterocycles. The molecule has 0 aromatic heterocycles. The summed E-state index contributed by atoms with van der Waals surface area (Å²) in [5.41, 5.74) is 0. The average Bonchev–Trinajstić information content (AvgIpc) is 2.74. The maximum Gasteiger partial charge on any atom is 0.404 e. The van der Waals surface area contributed by atoms with Crippen molar-refractivity contribution in [2.45, 2.75) is 64.9 Å². The molecule has 0 N–H and O–H groups in total. The smallest absolute Gasteiger partial charge is 0.404 e. The van der Waals surface area contributed by atoms with Crippen LogP contribution >= 0.6 is 0 Å². The summed E-state index contributed by atoms with van der Waals surface area (Å²) in [5, 5.41) is 0. The van der Waals surface area contributed by atoms with Crippen LogP contribution in [0.5, 0.6) is 11.5 Å². The zero-order valence-corrected chi connectivity index (χ0v) is 17.6. The van der Waals surface area contributed by atoms with Gasteiger partial charge in [-0.05, 0) is 63.2 Å². The molecule has 2 aliphatic rings. The lowest BCUT2D eigenvalue weighted by atomic mass is 9.78. The Morgan fingerprint density at radius 1 is 1.03 bits per heavy atom. The van der Waals surface area contributed by atoms with Gasteiger partial charge in [0.2, 0.25) is 11.6 Å². The van der Waals surface area contributed by atoms with Gasteiger partial charge in [-0.1, -0.05) is 19.8 Å². The van der Waals surface area contributed by atoms with Gasteiger partial charge in [0, 0.05) is 5.92 Å². The highest BCUT2D eigenvalue weighted by atomic mass is 19.3. The highest BCUT2D eigenvalue weighted by Crippen LogP contribution is 2.41. The van der Waals surface area contributed by atoms with Crippen molar-refractivity contribution in [1.29, 1.82) is 0 Å². The van der Waals surface area contributed by atoms with Gasteiger partial charge in [0.25, 0.3) is 0 Å². The molecule has 3 nitrogen and oxygen atoms in total. The molecule has 1 aromatic rings. The molecule has 1 heterocycles. The van der Waals surface area contributed by atoms with Crippen LogP contribution in [0.25, 0.3) is 0 Å². The first-order chi connectivity index (χ1) is 14.4. The predicted octanol–water partition coefficient (Wildman–Crippen LogP) is 6.86. The molecule has 0 bridgehead atoms. The molecule has 1 saturated carbocycles. The van der Waals surface area contributed by atoms with E-state index in [1.54, 1.807) is 13.0 Å². The summed E-state index contributed by atoms with van der Waals surface area (Å²) in [6, 6.07) is 2.04. The molecule has 1 fully saturated rings. The first-order valence-corrected chi connectivity index (χ1v) is 10.9. The third-order valence-corrected chi connectivity index (χ3v) is 6.03. The van der Waals surface area contributed by atoms with E-state index < -0.39 is 29.4 Å². The monoisotopic (exact) mass is 430 g/mol. The van der Waals surface area contributed by atoms with Gasteiger partial charge < -0.3 is 14.2 Å². The van der Waals surface area contributed by atoms with E-state index in [1.165, 1.54) is 12.8 Å². The largest absolute Gasteiger partial charge is 0.497 e. The van der Waals surface area contributed by atoms with Crippen molar-refractivity contribution in [1.82, 2.24) is 0 Å². The third-order valence-electron chi connectivity index (χ3n) is 6.03. The minimum absolute atomic E-state index is 0.0678. The van der Waals surface area contributed by atoms with Crippen LogP contribution in [0.3, 0.4) is 0 Å². The zero-order chi connectivity index (χ0) is 21.7. The number of allylic oxidation sites excluding steroid dienone is 2. The van der Waals surface area contributed by atoms with Crippen LogP contribution < -0.4 is 9.47 Å². The summed E-state index contributed by atoms with van der Waals surface area (Å²) in [6.45, 7) is 3.71. The van der Waals surface area contributed by atoms with Crippen LogP contribution in [0.15, 0.2) is 24.0 Å². The minimum Gasteiger partial charge on any atom is -0.497 e. The summed E-state index contributed by atoms with van der Waals surface area (Å²) in [4.78, 5) is 0. The molecule has 1 aliphatic carbocycles. The topological polar surface area (TPSA) is 27.7 Å². The van der Waals surface area contributed by atoms with Crippen LogP contribution in [0, 0.1) is 29.4 Å². The quantitative estimate of drug-likeness (QED) is 0.422. The van der Waals surface area contributed by atoms with Gasteiger partial charge in [-0.25, -0.2) is 0 Å². The maximum atomic E-state index is 14.6. The number of benzene rings is 1. The molecule has 168 valence electrons. The highest BCUT2D eigenvalue weighted by Gasteiger charge is 2.45. The van der Waals surface area contributed by atoms with Gasteiger partial charge in [-0.2, -0.15) is 17.6 Å². The molecule has 0 amide bonds. The standard InChI is InChI=1S/C23H30F4O3/c1-3-5-15-6-8-16(9-7-15)18-11-10-17(14-29-18)23(26,27)30-20-13-12-19(28-4-2)21(24)22(20)25/h11-13,15-17H,3-10,14H2,1-2H3. The van der Waals surface area contributed by atoms with E-state index in [4.69, 9.17) is 9.47 Å². The maximum absolute atomic E-state index is 14.6. The van der Waals surface area contributed by atoms with Crippen molar-refractivity contribution in [3.05, 3.63) is 35.6 Å². The molecule has 1 unspecified atom stereocenters. The second-order valence-corrected chi connectivity index (χ2v) is 8.14. The van der Waals surface area contributed by atoms with Gasteiger partial charge in [-0.3, -0.25) is 0 Å². The minimum atomic E-state index is -3.69. The molecule has 0 saturated heterocycles. The van der Waals surface area contributed by atoms with E-state index in [0.717, 1.165) is 49.5 Å². The fourth-order valence-electron chi connectivity index (χ4n) is 4.33. The lowest BCUT2D eigenvalue weighted by Crippen LogP contribution is -2.39. The fourth-order valence-corrected chi connectivity index (χ4v) is 4.33. The Bertz CT molecular complexity index is 742. The zero-order valence-electron chi connectivity index (χ0n) is 17.6. The third kappa shape index (κ3) is 5.22. The van der Waals surface area contributed by atoms with Gasteiger partial charge in [0.05, 0.1) is 12.4 Å². The molecule has 1 aromatic carbocycles. The number of alkyl halides is 2. The molecule has 3 rings (SSSR count). The van der Waals surface area contributed by atoms with Gasteiger partial charge in [-0.15, -0.1) is 0 Å². The van der Waals surface area contributed by atoms with Crippen molar-refractivity contribution in [3.63, 3.8) is 0 Å². The number of hydrogen-bond acceptors (Lipinski definition) is 3. The predicted molar refractivity (Wildman–Crippen MR) is 106 cm³/mol. The number of rotatable bonds is 8. The normalized spacial score (nSPS) is 24.7. The van der Waals surface area contributed by atoms with Gasteiger partial charge in [0.1, 0.15) is 12.5 Å². The van der Waals surface area contributed by atoms with E-state index in [9.17, 15) is 17.6 Å². The van der Waals surface area contributed by atoms with E-state index in [1.807, 2.05) is 0 Å². The molecule has 7 heteroatoms. The first kappa shape index (κ1) is 22.8. The Kier molecular flexibility index (Phi) is 7.53. The molecular formula is C23H30F4O3. The lowest BCUT2D eigenvalue weighted by Gasteiger charge is -2.34. The molecule has 1 atom stereocenters. The van der Waals surface area contributed by atoms with Gasteiger partial charge in [0.15, 0.2) is 11.5 Å².